The Hall–Kier alpha value is -3.21. The Morgan fingerprint density at radius 3 is 2.82 bits per heavy atom. The molecule has 3 rings (SSSR count). The van der Waals surface area contributed by atoms with E-state index < -0.39 is 4.92 Å². The Kier molecular flexibility index (Phi) is 8.58. The number of carbonyl (C=O) groups excluding carboxylic acids is 1. The number of nitro groups is 1. The average molecular weight is 509 g/mol. The highest BCUT2D eigenvalue weighted by Crippen LogP contribution is 2.29. The minimum Gasteiger partial charge on any atom is -0.482 e. The Morgan fingerprint density at radius 1 is 1.27 bits per heavy atom. The van der Waals surface area contributed by atoms with Crippen LogP contribution in [-0.4, -0.2) is 28.7 Å². The molecule has 0 aliphatic carbocycles. The summed E-state index contributed by atoms with van der Waals surface area (Å²) in [5.41, 5.74) is 4.31. The van der Waals surface area contributed by atoms with E-state index in [2.05, 4.69) is 15.5 Å². The number of ether oxygens (including phenoxy) is 2. The Morgan fingerprint density at radius 2 is 2.09 bits per heavy atom. The van der Waals surface area contributed by atoms with E-state index in [9.17, 15) is 14.9 Å². The molecule has 0 unspecified atom stereocenters. The van der Waals surface area contributed by atoms with Crippen LogP contribution in [0.2, 0.25) is 10.0 Å². The highest BCUT2D eigenvalue weighted by atomic mass is 35.5. The molecule has 1 N–H and O–H groups in total. The van der Waals surface area contributed by atoms with Crippen molar-refractivity contribution >= 4 is 57.5 Å². The van der Waals surface area contributed by atoms with Gasteiger partial charge in [0, 0.05) is 17.0 Å². The Labute approximate surface area is 203 Å². The number of aromatic nitrogens is 1. The highest BCUT2D eigenvalue weighted by molar-refractivity contribution is 7.13. The fraction of sp³-hybridized carbons (Fsp3) is 0.190. The number of carbonyl (C=O) groups is 1. The topological polar surface area (TPSA) is 116 Å². The van der Waals surface area contributed by atoms with Crippen LogP contribution < -0.4 is 10.2 Å². The van der Waals surface area contributed by atoms with Crippen LogP contribution in [0.3, 0.4) is 0 Å². The average Bonchev–Trinajstić information content (AvgIpc) is 3.22. The first kappa shape index (κ1) is 24.4. The van der Waals surface area contributed by atoms with Crippen molar-refractivity contribution in [2.24, 2.45) is 5.10 Å². The lowest BCUT2D eigenvalue weighted by Gasteiger charge is -2.08. The molecule has 0 aliphatic rings. The molecule has 1 aromatic heterocycles. The van der Waals surface area contributed by atoms with E-state index >= 15 is 0 Å². The molecular formula is C21H18Cl2N4O5S. The van der Waals surface area contributed by atoms with Crippen molar-refractivity contribution in [1.29, 1.82) is 0 Å². The van der Waals surface area contributed by atoms with Gasteiger partial charge in [0.15, 0.2) is 5.75 Å². The summed E-state index contributed by atoms with van der Waals surface area (Å²) in [5.74, 6) is -0.244. The normalized spacial score (nSPS) is 10.9. The summed E-state index contributed by atoms with van der Waals surface area (Å²) in [6.45, 7) is 2.13. The van der Waals surface area contributed by atoms with Gasteiger partial charge in [-0.15, -0.1) is 11.3 Å². The number of thiazole rings is 1. The molecule has 33 heavy (non-hydrogen) atoms. The van der Waals surface area contributed by atoms with Gasteiger partial charge in [-0.2, -0.15) is 5.10 Å². The lowest BCUT2D eigenvalue weighted by atomic mass is 10.2. The van der Waals surface area contributed by atoms with E-state index in [4.69, 9.17) is 32.7 Å². The van der Waals surface area contributed by atoms with Crippen LogP contribution >= 0.6 is 34.5 Å². The van der Waals surface area contributed by atoms with Gasteiger partial charge in [-0.1, -0.05) is 29.3 Å². The second-order valence-corrected chi connectivity index (χ2v) is 8.19. The van der Waals surface area contributed by atoms with Gasteiger partial charge in [-0.25, -0.2) is 4.98 Å². The minimum absolute atomic E-state index is 0.0750. The maximum Gasteiger partial charge on any atom is 0.311 e. The largest absolute Gasteiger partial charge is 0.482 e. The summed E-state index contributed by atoms with van der Waals surface area (Å²) in [5, 5.41) is 18.5. The Bertz CT molecular complexity index is 1190. The number of rotatable bonds is 10. The van der Waals surface area contributed by atoms with E-state index in [1.165, 1.54) is 29.7 Å². The van der Waals surface area contributed by atoms with Crippen molar-refractivity contribution < 1.29 is 19.2 Å². The maximum atomic E-state index is 11.5. The van der Waals surface area contributed by atoms with Crippen molar-refractivity contribution in [2.75, 3.05) is 12.0 Å². The van der Waals surface area contributed by atoms with Gasteiger partial charge in [-0.05, 0) is 36.8 Å². The number of hydrogen-bond donors (Lipinski definition) is 1. The van der Waals surface area contributed by atoms with Crippen LogP contribution in [-0.2, 0) is 22.6 Å². The van der Waals surface area contributed by atoms with Gasteiger partial charge in [0.2, 0.25) is 5.13 Å². The second kappa shape index (κ2) is 11.6. The molecule has 0 fully saturated rings. The van der Waals surface area contributed by atoms with E-state index in [1.54, 1.807) is 36.6 Å². The predicted molar refractivity (Wildman–Crippen MR) is 128 cm³/mol. The fourth-order valence-electron chi connectivity index (χ4n) is 2.63. The zero-order valence-corrected chi connectivity index (χ0v) is 19.6. The number of nitro benzene ring substituents is 1. The summed E-state index contributed by atoms with van der Waals surface area (Å²) in [6, 6.07) is 9.48. The zero-order chi connectivity index (χ0) is 23.8. The van der Waals surface area contributed by atoms with Crippen LogP contribution in [0, 0.1) is 10.1 Å². The quantitative estimate of drug-likeness (QED) is 0.166. The van der Waals surface area contributed by atoms with Gasteiger partial charge < -0.3 is 9.47 Å². The highest BCUT2D eigenvalue weighted by Gasteiger charge is 2.16. The first-order valence-electron chi connectivity index (χ1n) is 9.60. The summed E-state index contributed by atoms with van der Waals surface area (Å²) in [6.07, 6.45) is 1.49. The molecule has 1 heterocycles. The van der Waals surface area contributed by atoms with E-state index in [0.29, 0.717) is 33.0 Å². The molecule has 0 radical (unpaired) electrons. The lowest BCUT2D eigenvalue weighted by molar-refractivity contribution is -0.385. The first-order valence-corrected chi connectivity index (χ1v) is 11.2. The summed E-state index contributed by atoms with van der Waals surface area (Å²) >= 11 is 13.2. The third kappa shape index (κ3) is 7.14. The van der Waals surface area contributed by atoms with E-state index in [1.807, 2.05) is 0 Å². The number of halogens is 2. The van der Waals surface area contributed by atoms with Crippen molar-refractivity contribution in [3.63, 3.8) is 0 Å². The number of anilines is 1. The number of benzene rings is 2. The lowest BCUT2D eigenvalue weighted by Crippen LogP contribution is -2.07. The van der Waals surface area contributed by atoms with Gasteiger partial charge in [0.05, 0.1) is 39.9 Å². The molecule has 0 aliphatic heterocycles. The third-order valence-electron chi connectivity index (χ3n) is 4.11. The molecule has 2 aromatic carbocycles. The molecule has 0 saturated carbocycles. The third-order valence-corrected chi connectivity index (χ3v) is 5.65. The predicted octanol–water partition coefficient (Wildman–Crippen LogP) is 5.49. The number of nitrogens with zero attached hydrogens (tertiary/aromatic N) is 3. The van der Waals surface area contributed by atoms with Gasteiger partial charge >= 0.3 is 11.7 Å². The van der Waals surface area contributed by atoms with Gasteiger partial charge in [-0.3, -0.25) is 20.3 Å². The molecule has 12 heteroatoms. The molecular weight excluding hydrogens is 491 g/mol. The monoisotopic (exact) mass is 508 g/mol. The summed E-state index contributed by atoms with van der Waals surface area (Å²) in [4.78, 5) is 26.7. The van der Waals surface area contributed by atoms with Gasteiger partial charge in [0.25, 0.3) is 0 Å². The van der Waals surface area contributed by atoms with Crippen molar-refractivity contribution in [3.05, 3.63) is 78.8 Å². The van der Waals surface area contributed by atoms with E-state index in [0.717, 1.165) is 5.56 Å². The summed E-state index contributed by atoms with van der Waals surface area (Å²) < 4.78 is 10.5. The first-order chi connectivity index (χ1) is 15.9. The van der Waals surface area contributed by atoms with Crippen LogP contribution in [0.4, 0.5) is 10.8 Å². The SMILES string of the molecule is CCOC(=O)Cc1csc(NN=Cc2ccc(OCc3ccc(Cl)c(Cl)c3)c([N+](=O)[O-])c2)n1. The molecule has 9 nitrogen and oxygen atoms in total. The molecule has 0 spiro atoms. The number of nitrogens with one attached hydrogen (secondary N) is 1. The zero-order valence-electron chi connectivity index (χ0n) is 17.3. The minimum atomic E-state index is -0.530. The molecule has 0 atom stereocenters. The fourth-order valence-corrected chi connectivity index (χ4v) is 3.61. The van der Waals surface area contributed by atoms with Crippen LogP contribution in [0.1, 0.15) is 23.7 Å². The number of hydrazone groups is 1. The molecule has 3 aromatic rings. The number of esters is 1. The van der Waals surface area contributed by atoms with Crippen molar-refractivity contribution in [1.82, 2.24) is 4.98 Å². The van der Waals surface area contributed by atoms with Crippen molar-refractivity contribution in [3.8, 4) is 5.75 Å². The van der Waals surface area contributed by atoms with Crippen LogP contribution in [0.25, 0.3) is 0 Å². The van der Waals surface area contributed by atoms with Gasteiger partial charge in [0.1, 0.15) is 6.61 Å². The van der Waals surface area contributed by atoms with Crippen molar-refractivity contribution in [2.45, 2.75) is 20.0 Å². The molecule has 0 amide bonds. The van der Waals surface area contributed by atoms with Crippen LogP contribution in [0.5, 0.6) is 5.75 Å². The van der Waals surface area contributed by atoms with E-state index in [-0.39, 0.29) is 30.4 Å². The second-order valence-electron chi connectivity index (χ2n) is 6.52. The maximum absolute atomic E-state index is 11.5. The molecule has 0 saturated heterocycles. The summed E-state index contributed by atoms with van der Waals surface area (Å²) in [7, 11) is 0. The number of hydrogen-bond acceptors (Lipinski definition) is 9. The van der Waals surface area contributed by atoms with Crippen LogP contribution in [0.15, 0.2) is 46.9 Å². The molecule has 172 valence electrons. The standard InChI is InChI=1S/C21H18Cl2N4O5S/c1-2-31-20(28)9-15-12-33-21(25-15)26-24-10-13-4-6-19(18(8-13)27(29)30)32-11-14-3-5-16(22)17(23)7-14/h3-8,10,12H,2,9,11H2,1H3,(H,25,26). The smallest absolute Gasteiger partial charge is 0.311 e. The molecule has 0 bridgehead atoms. The Balaban J connectivity index is 1.63.